The number of nitrogens with one attached hydrogen (secondary N) is 1. The summed E-state index contributed by atoms with van der Waals surface area (Å²) in [5.74, 6) is -0.128. The summed E-state index contributed by atoms with van der Waals surface area (Å²) < 4.78 is 0.800. The van der Waals surface area contributed by atoms with Crippen molar-refractivity contribution in [1.82, 2.24) is 5.32 Å². The highest BCUT2D eigenvalue weighted by molar-refractivity contribution is 9.10. The van der Waals surface area contributed by atoms with Crippen LogP contribution in [0.4, 0.5) is 5.69 Å². The number of halogens is 1. The molecular formula is C15H15BrN2O. The van der Waals surface area contributed by atoms with Crippen molar-refractivity contribution in [3.63, 3.8) is 0 Å². The molecule has 0 atom stereocenters. The first-order valence-corrected chi connectivity index (χ1v) is 6.74. The SMILES string of the molecule is Cc1ccccc1CNC(=O)c1cc(N)cc(Br)c1. The number of aryl methyl sites for hydroxylation is 1. The number of benzene rings is 2. The van der Waals surface area contributed by atoms with Crippen LogP contribution in [0.15, 0.2) is 46.9 Å². The van der Waals surface area contributed by atoms with Crippen LogP contribution in [0.25, 0.3) is 0 Å². The van der Waals surface area contributed by atoms with Gasteiger partial charge < -0.3 is 11.1 Å². The Morgan fingerprint density at radius 3 is 2.68 bits per heavy atom. The maximum absolute atomic E-state index is 12.0. The fourth-order valence-corrected chi connectivity index (χ4v) is 2.34. The zero-order valence-corrected chi connectivity index (χ0v) is 12.2. The zero-order valence-electron chi connectivity index (χ0n) is 10.6. The number of carbonyl (C=O) groups is 1. The number of anilines is 1. The van der Waals surface area contributed by atoms with Gasteiger partial charge in [-0.3, -0.25) is 4.79 Å². The van der Waals surface area contributed by atoms with Crippen LogP contribution in [0.1, 0.15) is 21.5 Å². The van der Waals surface area contributed by atoms with E-state index in [0.29, 0.717) is 17.8 Å². The number of carbonyl (C=O) groups excluding carboxylic acids is 1. The van der Waals surface area contributed by atoms with Gasteiger partial charge in [-0.2, -0.15) is 0 Å². The van der Waals surface area contributed by atoms with E-state index in [4.69, 9.17) is 5.73 Å². The van der Waals surface area contributed by atoms with Crippen LogP contribution >= 0.6 is 15.9 Å². The number of hydrogen-bond donors (Lipinski definition) is 2. The molecule has 3 nitrogen and oxygen atoms in total. The Morgan fingerprint density at radius 2 is 2.00 bits per heavy atom. The van der Waals surface area contributed by atoms with Gasteiger partial charge in [0.2, 0.25) is 0 Å². The second kappa shape index (κ2) is 5.89. The Bertz CT molecular complexity index is 591. The van der Waals surface area contributed by atoms with E-state index in [1.807, 2.05) is 31.2 Å². The van der Waals surface area contributed by atoms with E-state index < -0.39 is 0 Å². The van der Waals surface area contributed by atoms with Crippen LogP contribution in [-0.4, -0.2) is 5.91 Å². The monoisotopic (exact) mass is 318 g/mol. The first-order chi connectivity index (χ1) is 9.06. The molecule has 0 fully saturated rings. The summed E-state index contributed by atoms with van der Waals surface area (Å²) in [6, 6.07) is 13.2. The summed E-state index contributed by atoms with van der Waals surface area (Å²) in [4.78, 5) is 12.0. The summed E-state index contributed by atoms with van der Waals surface area (Å²) in [6.07, 6.45) is 0. The molecular weight excluding hydrogens is 304 g/mol. The summed E-state index contributed by atoms with van der Waals surface area (Å²) >= 11 is 3.33. The Kier molecular flexibility index (Phi) is 4.22. The number of amides is 1. The summed E-state index contributed by atoms with van der Waals surface area (Å²) in [7, 11) is 0. The Hall–Kier alpha value is -1.81. The normalized spacial score (nSPS) is 10.2. The van der Waals surface area contributed by atoms with Crippen molar-refractivity contribution in [1.29, 1.82) is 0 Å². The van der Waals surface area contributed by atoms with Crippen LogP contribution < -0.4 is 11.1 Å². The van der Waals surface area contributed by atoms with Crippen molar-refractivity contribution >= 4 is 27.5 Å². The van der Waals surface area contributed by atoms with E-state index in [1.54, 1.807) is 18.2 Å². The third kappa shape index (κ3) is 3.58. The van der Waals surface area contributed by atoms with Gasteiger partial charge in [-0.15, -0.1) is 0 Å². The number of nitrogen functional groups attached to an aromatic ring is 1. The first kappa shape index (κ1) is 13.6. The molecule has 3 N–H and O–H groups in total. The van der Waals surface area contributed by atoms with Gasteiger partial charge in [0.1, 0.15) is 0 Å². The van der Waals surface area contributed by atoms with Crippen molar-refractivity contribution in [3.05, 3.63) is 63.6 Å². The first-order valence-electron chi connectivity index (χ1n) is 5.95. The van der Waals surface area contributed by atoms with E-state index in [2.05, 4.69) is 21.2 Å². The van der Waals surface area contributed by atoms with Crippen molar-refractivity contribution in [2.75, 3.05) is 5.73 Å². The Balaban J connectivity index is 2.08. The molecule has 98 valence electrons. The summed E-state index contributed by atoms with van der Waals surface area (Å²) in [5.41, 5.74) is 9.11. The molecule has 2 aromatic rings. The number of rotatable bonds is 3. The van der Waals surface area contributed by atoms with Crippen LogP contribution in [0.3, 0.4) is 0 Å². The highest BCUT2D eigenvalue weighted by Crippen LogP contribution is 2.17. The molecule has 0 saturated heterocycles. The van der Waals surface area contributed by atoms with Crippen LogP contribution in [0.2, 0.25) is 0 Å². The van der Waals surface area contributed by atoms with Crippen LogP contribution in [0.5, 0.6) is 0 Å². The predicted octanol–water partition coefficient (Wildman–Crippen LogP) is 3.27. The minimum absolute atomic E-state index is 0.128. The minimum Gasteiger partial charge on any atom is -0.399 e. The van der Waals surface area contributed by atoms with E-state index >= 15 is 0 Å². The lowest BCUT2D eigenvalue weighted by Crippen LogP contribution is -2.23. The van der Waals surface area contributed by atoms with Gasteiger partial charge in [-0.25, -0.2) is 0 Å². The fourth-order valence-electron chi connectivity index (χ4n) is 1.83. The predicted molar refractivity (Wildman–Crippen MR) is 80.9 cm³/mol. The lowest BCUT2D eigenvalue weighted by molar-refractivity contribution is 0.0951. The smallest absolute Gasteiger partial charge is 0.251 e. The maximum atomic E-state index is 12.0. The standard InChI is InChI=1S/C15H15BrN2O/c1-10-4-2-3-5-11(10)9-18-15(19)12-6-13(16)8-14(17)7-12/h2-8H,9,17H2,1H3,(H,18,19). The van der Waals surface area contributed by atoms with Crippen molar-refractivity contribution in [2.24, 2.45) is 0 Å². The van der Waals surface area contributed by atoms with Crippen LogP contribution in [0, 0.1) is 6.92 Å². The lowest BCUT2D eigenvalue weighted by Gasteiger charge is -2.08. The molecule has 0 saturated carbocycles. The number of hydrogen-bond acceptors (Lipinski definition) is 2. The van der Waals surface area contributed by atoms with Gasteiger partial charge in [0, 0.05) is 22.3 Å². The van der Waals surface area contributed by atoms with Gasteiger partial charge in [0.25, 0.3) is 5.91 Å². The van der Waals surface area contributed by atoms with E-state index in [9.17, 15) is 4.79 Å². The fraction of sp³-hybridized carbons (Fsp3) is 0.133. The third-order valence-electron chi connectivity index (χ3n) is 2.88. The van der Waals surface area contributed by atoms with Gasteiger partial charge >= 0.3 is 0 Å². The summed E-state index contributed by atoms with van der Waals surface area (Å²) in [6.45, 7) is 2.54. The topological polar surface area (TPSA) is 55.1 Å². The van der Waals surface area contributed by atoms with Gasteiger partial charge in [-0.05, 0) is 36.2 Å². The van der Waals surface area contributed by atoms with Crippen molar-refractivity contribution in [3.8, 4) is 0 Å². The molecule has 0 heterocycles. The molecule has 0 radical (unpaired) electrons. The second-order valence-electron chi connectivity index (χ2n) is 4.38. The molecule has 0 aliphatic heterocycles. The van der Waals surface area contributed by atoms with Gasteiger partial charge in [0.05, 0.1) is 0 Å². The lowest BCUT2D eigenvalue weighted by atomic mass is 10.1. The minimum atomic E-state index is -0.128. The quantitative estimate of drug-likeness (QED) is 0.853. The second-order valence-corrected chi connectivity index (χ2v) is 5.30. The maximum Gasteiger partial charge on any atom is 0.251 e. The van der Waals surface area contributed by atoms with Crippen molar-refractivity contribution in [2.45, 2.75) is 13.5 Å². The van der Waals surface area contributed by atoms with E-state index in [-0.39, 0.29) is 5.91 Å². The average molecular weight is 319 g/mol. The molecule has 2 rings (SSSR count). The highest BCUT2D eigenvalue weighted by Gasteiger charge is 2.07. The summed E-state index contributed by atoms with van der Waals surface area (Å²) in [5, 5.41) is 2.90. The molecule has 0 unspecified atom stereocenters. The molecule has 0 bridgehead atoms. The van der Waals surface area contributed by atoms with Crippen molar-refractivity contribution < 1.29 is 4.79 Å². The molecule has 19 heavy (non-hydrogen) atoms. The molecule has 0 aliphatic rings. The molecule has 4 heteroatoms. The van der Waals surface area contributed by atoms with E-state index in [1.165, 1.54) is 0 Å². The zero-order chi connectivity index (χ0) is 13.8. The highest BCUT2D eigenvalue weighted by atomic mass is 79.9. The molecule has 0 aliphatic carbocycles. The molecule has 0 spiro atoms. The van der Waals surface area contributed by atoms with Crippen LogP contribution in [-0.2, 0) is 6.54 Å². The molecule has 2 aromatic carbocycles. The largest absolute Gasteiger partial charge is 0.399 e. The molecule has 1 amide bonds. The number of nitrogens with two attached hydrogens (primary N) is 1. The van der Waals surface area contributed by atoms with E-state index in [0.717, 1.165) is 15.6 Å². The Labute approximate surface area is 121 Å². The average Bonchev–Trinajstić information content (AvgIpc) is 2.36. The van der Waals surface area contributed by atoms with Gasteiger partial charge in [0.15, 0.2) is 0 Å². The molecule has 0 aromatic heterocycles. The third-order valence-corrected chi connectivity index (χ3v) is 3.34. The van der Waals surface area contributed by atoms with Gasteiger partial charge in [-0.1, -0.05) is 40.2 Å². The Morgan fingerprint density at radius 1 is 1.26 bits per heavy atom.